The maximum atomic E-state index is 10.4. The summed E-state index contributed by atoms with van der Waals surface area (Å²) in [7, 11) is 0. The van der Waals surface area contributed by atoms with Gasteiger partial charge in [0.1, 0.15) is 0 Å². The van der Waals surface area contributed by atoms with E-state index in [2.05, 4.69) is 15.5 Å². The average Bonchev–Trinajstić information content (AvgIpc) is 2.28. The molecule has 0 saturated carbocycles. The minimum atomic E-state index is -0.519. The molecular weight excluding hydrogens is 156 g/mol. The van der Waals surface area contributed by atoms with Gasteiger partial charge in [-0.15, -0.1) is 0 Å². The molecular formula is C7H12N4O. The molecule has 0 unspecified atom stereocenters. The first-order valence-electron chi connectivity index (χ1n) is 3.65. The van der Waals surface area contributed by atoms with Crippen LogP contribution < -0.4 is 11.1 Å². The Morgan fingerprint density at radius 3 is 2.75 bits per heavy atom. The number of carbonyl (C=O) groups is 1. The fraction of sp³-hybridized carbons (Fsp3) is 0.429. The summed E-state index contributed by atoms with van der Waals surface area (Å²) in [6, 6.07) is -0.519. The second-order valence-electron chi connectivity index (χ2n) is 2.63. The highest BCUT2D eigenvalue weighted by Gasteiger charge is 2.05. The molecule has 0 fully saturated rings. The van der Waals surface area contributed by atoms with Gasteiger partial charge in [0.05, 0.1) is 5.69 Å². The van der Waals surface area contributed by atoms with E-state index in [0.717, 1.165) is 17.0 Å². The molecule has 4 N–H and O–H groups in total. The number of aromatic nitrogens is 2. The molecule has 0 radical (unpaired) electrons. The number of hydrogen-bond acceptors (Lipinski definition) is 2. The lowest BCUT2D eigenvalue weighted by molar-refractivity contribution is 0.248. The molecule has 0 aliphatic rings. The van der Waals surface area contributed by atoms with Crippen LogP contribution in [0.1, 0.15) is 17.0 Å². The van der Waals surface area contributed by atoms with Crippen LogP contribution in [0, 0.1) is 13.8 Å². The highest BCUT2D eigenvalue weighted by molar-refractivity contribution is 5.71. The first-order chi connectivity index (χ1) is 5.61. The van der Waals surface area contributed by atoms with Gasteiger partial charge in [0.2, 0.25) is 0 Å². The number of hydrogen-bond donors (Lipinski definition) is 3. The van der Waals surface area contributed by atoms with Crippen molar-refractivity contribution in [1.29, 1.82) is 0 Å². The number of nitrogens with one attached hydrogen (secondary N) is 2. The van der Waals surface area contributed by atoms with Gasteiger partial charge in [-0.25, -0.2) is 4.79 Å². The molecule has 0 aliphatic heterocycles. The number of primary amides is 1. The molecule has 0 saturated heterocycles. The largest absolute Gasteiger partial charge is 0.352 e. The normalized spacial score (nSPS) is 9.83. The van der Waals surface area contributed by atoms with Crippen molar-refractivity contribution in [3.8, 4) is 0 Å². The Morgan fingerprint density at radius 2 is 2.33 bits per heavy atom. The van der Waals surface area contributed by atoms with Crippen molar-refractivity contribution >= 4 is 6.03 Å². The van der Waals surface area contributed by atoms with Crippen molar-refractivity contribution in [1.82, 2.24) is 15.5 Å². The Labute approximate surface area is 70.3 Å². The maximum Gasteiger partial charge on any atom is 0.312 e. The monoisotopic (exact) mass is 168 g/mol. The molecule has 1 rings (SSSR count). The topological polar surface area (TPSA) is 83.8 Å². The van der Waals surface area contributed by atoms with Crippen LogP contribution >= 0.6 is 0 Å². The van der Waals surface area contributed by atoms with E-state index in [4.69, 9.17) is 5.73 Å². The van der Waals surface area contributed by atoms with Gasteiger partial charge in [-0.05, 0) is 13.8 Å². The van der Waals surface area contributed by atoms with Gasteiger partial charge < -0.3 is 11.1 Å². The Morgan fingerprint density at radius 1 is 1.67 bits per heavy atom. The van der Waals surface area contributed by atoms with Gasteiger partial charge >= 0.3 is 6.03 Å². The standard InChI is InChI=1S/C7H12N4O/c1-4-6(3-9-7(8)12)5(2)11-10-4/h3H2,1-2H3,(H,10,11)(H3,8,9,12). The zero-order chi connectivity index (χ0) is 9.14. The van der Waals surface area contributed by atoms with E-state index < -0.39 is 6.03 Å². The van der Waals surface area contributed by atoms with Crippen molar-refractivity contribution in [2.75, 3.05) is 0 Å². The third-order valence-electron chi connectivity index (χ3n) is 1.72. The lowest BCUT2D eigenvalue weighted by Gasteiger charge is -2.00. The lowest BCUT2D eigenvalue weighted by Crippen LogP contribution is -2.28. The van der Waals surface area contributed by atoms with E-state index in [9.17, 15) is 4.79 Å². The number of aryl methyl sites for hydroxylation is 2. The van der Waals surface area contributed by atoms with Crippen LogP contribution in [0.2, 0.25) is 0 Å². The van der Waals surface area contributed by atoms with Crippen LogP contribution in [0.4, 0.5) is 4.79 Å². The van der Waals surface area contributed by atoms with E-state index >= 15 is 0 Å². The molecule has 1 aromatic heterocycles. The summed E-state index contributed by atoms with van der Waals surface area (Å²) in [4.78, 5) is 10.4. The third-order valence-corrected chi connectivity index (χ3v) is 1.72. The number of urea groups is 1. The molecule has 1 heterocycles. The summed E-state index contributed by atoms with van der Waals surface area (Å²) >= 11 is 0. The van der Waals surface area contributed by atoms with Gasteiger partial charge in [-0.3, -0.25) is 5.10 Å². The SMILES string of the molecule is Cc1n[nH]c(C)c1CNC(N)=O. The lowest BCUT2D eigenvalue weighted by atomic mass is 10.2. The molecule has 5 heteroatoms. The molecule has 0 aliphatic carbocycles. The van der Waals surface area contributed by atoms with Crippen molar-refractivity contribution in [3.63, 3.8) is 0 Å². The number of amides is 2. The Bertz CT molecular complexity index is 272. The Hall–Kier alpha value is -1.52. The highest BCUT2D eigenvalue weighted by atomic mass is 16.2. The minimum Gasteiger partial charge on any atom is -0.352 e. The predicted molar refractivity (Wildman–Crippen MR) is 44.5 cm³/mol. The highest BCUT2D eigenvalue weighted by Crippen LogP contribution is 2.07. The van der Waals surface area contributed by atoms with Crippen LogP contribution in [-0.2, 0) is 6.54 Å². The quantitative estimate of drug-likeness (QED) is 0.589. The molecule has 5 nitrogen and oxygen atoms in total. The molecule has 66 valence electrons. The Kier molecular flexibility index (Phi) is 2.32. The van der Waals surface area contributed by atoms with E-state index in [1.54, 1.807) is 0 Å². The zero-order valence-electron chi connectivity index (χ0n) is 7.14. The zero-order valence-corrected chi connectivity index (χ0v) is 7.14. The molecule has 0 spiro atoms. The molecule has 0 aromatic carbocycles. The van der Waals surface area contributed by atoms with E-state index in [-0.39, 0.29) is 0 Å². The van der Waals surface area contributed by atoms with Crippen LogP contribution in [0.5, 0.6) is 0 Å². The number of nitrogens with two attached hydrogens (primary N) is 1. The van der Waals surface area contributed by atoms with Crippen LogP contribution in [-0.4, -0.2) is 16.2 Å². The van der Waals surface area contributed by atoms with Gasteiger partial charge in [0.15, 0.2) is 0 Å². The van der Waals surface area contributed by atoms with Crippen molar-refractivity contribution in [2.24, 2.45) is 5.73 Å². The summed E-state index contributed by atoms with van der Waals surface area (Å²) in [5.41, 5.74) is 7.77. The van der Waals surface area contributed by atoms with E-state index in [0.29, 0.717) is 6.54 Å². The minimum absolute atomic E-state index is 0.434. The summed E-state index contributed by atoms with van der Waals surface area (Å²) in [5, 5.41) is 9.30. The third kappa shape index (κ3) is 1.75. The molecule has 2 amide bonds. The number of rotatable bonds is 2. The number of H-pyrrole nitrogens is 1. The van der Waals surface area contributed by atoms with E-state index in [1.165, 1.54) is 0 Å². The summed E-state index contributed by atoms with van der Waals surface area (Å²) in [6.45, 7) is 4.21. The summed E-state index contributed by atoms with van der Waals surface area (Å²) in [5.74, 6) is 0. The molecule has 0 atom stereocenters. The van der Waals surface area contributed by atoms with Crippen molar-refractivity contribution in [3.05, 3.63) is 17.0 Å². The summed E-state index contributed by atoms with van der Waals surface area (Å²) < 4.78 is 0. The van der Waals surface area contributed by atoms with Gasteiger partial charge in [0, 0.05) is 17.8 Å². The van der Waals surface area contributed by atoms with E-state index in [1.807, 2.05) is 13.8 Å². The van der Waals surface area contributed by atoms with Gasteiger partial charge in [0.25, 0.3) is 0 Å². The smallest absolute Gasteiger partial charge is 0.312 e. The molecule has 1 aromatic rings. The first-order valence-corrected chi connectivity index (χ1v) is 3.65. The molecule has 0 bridgehead atoms. The van der Waals surface area contributed by atoms with Gasteiger partial charge in [-0.2, -0.15) is 5.10 Å². The summed E-state index contributed by atoms with van der Waals surface area (Å²) in [6.07, 6.45) is 0. The second kappa shape index (κ2) is 3.25. The number of aromatic amines is 1. The fourth-order valence-corrected chi connectivity index (χ4v) is 1.01. The van der Waals surface area contributed by atoms with Crippen molar-refractivity contribution < 1.29 is 4.79 Å². The first kappa shape index (κ1) is 8.58. The van der Waals surface area contributed by atoms with Crippen molar-refractivity contribution in [2.45, 2.75) is 20.4 Å². The average molecular weight is 168 g/mol. The maximum absolute atomic E-state index is 10.4. The van der Waals surface area contributed by atoms with Gasteiger partial charge in [-0.1, -0.05) is 0 Å². The van der Waals surface area contributed by atoms with Crippen LogP contribution in [0.15, 0.2) is 0 Å². The second-order valence-corrected chi connectivity index (χ2v) is 2.63. The number of carbonyl (C=O) groups excluding carboxylic acids is 1. The molecule has 12 heavy (non-hydrogen) atoms. The Balaban J connectivity index is 2.68. The predicted octanol–water partition coefficient (Wildman–Crippen LogP) is 0.195. The fourth-order valence-electron chi connectivity index (χ4n) is 1.01. The number of nitrogens with zero attached hydrogens (tertiary/aromatic N) is 1. The van der Waals surface area contributed by atoms with Crippen LogP contribution in [0.25, 0.3) is 0 Å². The van der Waals surface area contributed by atoms with Crippen LogP contribution in [0.3, 0.4) is 0 Å².